The fourth-order valence-corrected chi connectivity index (χ4v) is 3.93. The number of aromatic nitrogens is 1. The Morgan fingerprint density at radius 2 is 1.81 bits per heavy atom. The van der Waals surface area contributed by atoms with Gasteiger partial charge in [0.25, 0.3) is 0 Å². The van der Waals surface area contributed by atoms with Crippen LogP contribution in [-0.2, 0) is 4.79 Å². The summed E-state index contributed by atoms with van der Waals surface area (Å²) in [4.78, 5) is 14.2. The Kier molecular flexibility index (Phi) is 4.42. The van der Waals surface area contributed by atoms with E-state index in [9.17, 15) is 18.0 Å². The number of aromatic amines is 1. The molecule has 1 amide bonds. The highest BCUT2D eigenvalue weighted by atomic mass is 19.1. The lowest BCUT2D eigenvalue weighted by Gasteiger charge is -2.36. The van der Waals surface area contributed by atoms with E-state index in [0.29, 0.717) is 23.5 Å². The quantitative estimate of drug-likeness (QED) is 0.673. The van der Waals surface area contributed by atoms with Crippen molar-refractivity contribution in [3.63, 3.8) is 0 Å². The molecule has 0 aliphatic heterocycles. The summed E-state index contributed by atoms with van der Waals surface area (Å²) in [6.07, 6.45) is 1.64. The second-order valence-corrected chi connectivity index (χ2v) is 7.20. The molecule has 2 N–H and O–H groups in total. The fourth-order valence-electron chi connectivity index (χ4n) is 3.93. The Balaban J connectivity index is 1.74. The zero-order chi connectivity index (χ0) is 19.1. The van der Waals surface area contributed by atoms with Crippen LogP contribution in [0, 0.1) is 23.4 Å². The van der Waals surface area contributed by atoms with Crippen LogP contribution in [0.1, 0.15) is 31.2 Å². The first-order valence-electron chi connectivity index (χ1n) is 8.93. The average molecular weight is 372 g/mol. The molecule has 1 fully saturated rings. The summed E-state index contributed by atoms with van der Waals surface area (Å²) in [5, 5.41) is 3.34. The number of fused-ring (bicyclic) bond motifs is 1. The van der Waals surface area contributed by atoms with Gasteiger partial charge in [-0.2, -0.15) is 0 Å². The normalized spacial score (nSPS) is 19.1. The highest BCUT2D eigenvalue weighted by Crippen LogP contribution is 2.48. The zero-order valence-corrected chi connectivity index (χ0v) is 14.8. The number of hydrogen-bond acceptors (Lipinski definition) is 1. The molecule has 3 aromatic rings. The van der Waals surface area contributed by atoms with E-state index >= 15 is 0 Å². The van der Waals surface area contributed by atoms with E-state index in [2.05, 4.69) is 10.3 Å². The van der Waals surface area contributed by atoms with Gasteiger partial charge in [-0.1, -0.05) is 0 Å². The van der Waals surface area contributed by atoms with Crippen LogP contribution in [-0.4, -0.2) is 17.4 Å². The first-order chi connectivity index (χ1) is 12.9. The van der Waals surface area contributed by atoms with Gasteiger partial charge in [0.05, 0.1) is 11.2 Å². The third-order valence-corrected chi connectivity index (χ3v) is 5.28. The summed E-state index contributed by atoms with van der Waals surface area (Å²) in [5.41, 5.74) is 2.54. The summed E-state index contributed by atoms with van der Waals surface area (Å²) in [7, 11) is 0. The maximum atomic E-state index is 14.3. The van der Waals surface area contributed by atoms with E-state index in [4.69, 9.17) is 0 Å². The minimum absolute atomic E-state index is 0.0679. The van der Waals surface area contributed by atoms with E-state index in [1.54, 1.807) is 12.1 Å². The van der Waals surface area contributed by atoms with Gasteiger partial charge in [0.2, 0.25) is 5.91 Å². The molecule has 1 saturated carbocycles. The Morgan fingerprint density at radius 3 is 2.48 bits per heavy atom. The lowest BCUT2D eigenvalue weighted by atomic mass is 9.70. The second-order valence-electron chi connectivity index (χ2n) is 7.20. The molecule has 3 nitrogen and oxygen atoms in total. The highest BCUT2D eigenvalue weighted by Gasteiger charge is 2.34. The van der Waals surface area contributed by atoms with Crippen LogP contribution in [0.5, 0.6) is 0 Å². The van der Waals surface area contributed by atoms with Crippen molar-refractivity contribution in [1.82, 2.24) is 10.3 Å². The van der Waals surface area contributed by atoms with Gasteiger partial charge in [-0.25, -0.2) is 13.2 Å². The predicted molar refractivity (Wildman–Crippen MR) is 97.8 cm³/mol. The van der Waals surface area contributed by atoms with Crippen molar-refractivity contribution < 1.29 is 18.0 Å². The molecule has 6 heteroatoms. The van der Waals surface area contributed by atoms with Gasteiger partial charge < -0.3 is 10.3 Å². The molecule has 1 aromatic heterocycles. The van der Waals surface area contributed by atoms with Gasteiger partial charge in [-0.3, -0.25) is 4.79 Å². The SMILES string of the molecule is CC(=O)NC[C@H]1C[C@@H](c2c(-c3ccc(F)cc3)[nH]c3c(F)cc(F)cc32)C1. The number of benzene rings is 2. The molecule has 0 atom stereocenters. The van der Waals surface area contributed by atoms with Crippen molar-refractivity contribution in [1.29, 1.82) is 0 Å². The average Bonchev–Trinajstić information content (AvgIpc) is 2.93. The van der Waals surface area contributed by atoms with Crippen LogP contribution >= 0.6 is 0 Å². The number of nitrogens with one attached hydrogen (secondary N) is 2. The van der Waals surface area contributed by atoms with Crippen LogP contribution in [0.4, 0.5) is 13.2 Å². The Hall–Kier alpha value is -2.76. The van der Waals surface area contributed by atoms with Crippen molar-refractivity contribution >= 4 is 16.8 Å². The molecule has 1 aliphatic rings. The number of halogens is 3. The molecule has 1 aliphatic carbocycles. The van der Waals surface area contributed by atoms with E-state index in [0.717, 1.165) is 30.0 Å². The number of H-pyrrole nitrogens is 1. The van der Waals surface area contributed by atoms with Crippen molar-refractivity contribution in [3.05, 3.63) is 59.4 Å². The number of hydrogen-bond donors (Lipinski definition) is 2. The van der Waals surface area contributed by atoms with Gasteiger partial charge in [0.15, 0.2) is 0 Å². The molecule has 2 aromatic carbocycles. The summed E-state index contributed by atoms with van der Waals surface area (Å²) in [6.45, 7) is 2.08. The summed E-state index contributed by atoms with van der Waals surface area (Å²) >= 11 is 0. The monoisotopic (exact) mass is 372 g/mol. The second kappa shape index (κ2) is 6.76. The summed E-state index contributed by atoms with van der Waals surface area (Å²) < 4.78 is 41.5. The van der Waals surface area contributed by atoms with Crippen molar-refractivity contribution in [2.45, 2.75) is 25.7 Å². The third-order valence-electron chi connectivity index (χ3n) is 5.28. The zero-order valence-electron chi connectivity index (χ0n) is 14.8. The minimum Gasteiger partial charge on any atom is -0.356 e. The summed E-state index contributed by atoms with van der Waals surface area (Å²) in [5.74, 6) is -1.23. The van der Waals surface area contributed by atoms with Crippen LogP contribution < -0.4 is 5.32 Å². The number of carbonyl (C=O) groups excluding carboxylic acids is 1. The maximum Gasteiger partial charge on any atom is 0.216 e. The molecule has 140 valence electrons. The first kappa shape index (κ1) is 17.6. The Morgan fingerprint density at radius 1 is 1.11 bits per heavy atom. The van der Waals surface area contributed by atoms with Crippen LogP contribution in [0.25, 0.3) is 22.2 Å². The maximum absolute atomic E-state index is 14.3. The smallest absolute Gasteiger partial charge is 0.216 e. The topological polar surface area (TPSA) is 44.9 Å². The third kappa shape index (κ3) is 3.31. The van der Waals surface area contributed by atoms with E-state index in [-0.39, 0.29) is 23.2 Å². The minimum atomic E-state index is -0.645. The van der Waals surface area contributed by atoms with Crippen molar-refractivity contribution in [2.24, 2.45) is 5.92 Å². The highest BCUT2D eigenvalue weighted by molar-refractivity contribution is 5.92. The standard InChI is InChI=1S/C21H19F3N2O/c1-11(27)25-10-12-6-14(7-12)19-17-8-16(23)9-18(24)21(17)26-20(19)13-2-4-15(22)5-3-13/h2-5,8-9,12,14,26H,6-7,10H2,1H3,(H,25,27)/t12-,14+. The predicted octanol–water partition coefficient (Wildman–Crippen LogP) is 4.88. The van der Waals surface area contributed by atoms with E-state index < -0.39 is 11.6 Å². The van der Waals surface area contributed by atoms with Crippen LogP contribution in [0.3, 0.4) is 0 Å². The Labute approximate surface area is 154 Å². The molecule has 1 heterocycles. The molecular formula is C21H19F3N2O. The summed E-state index contributed by atoms with van der Waals surface area (Å²) in [6, 6.07) is 8.16. The van der Waals surface area contributed by atoms with Gasteiger partial charge in [-0.15, -0.1) is 0 Å². The lowest BCUT2D eigenvalue weighted by Crippen LogP contribution is -2.34. The fraction of sp³-hybridized carbons (Fsp3) is 0.286. The van der Waals surface area contributed by atoms with Gasteiger partial charge >= 0.3 is 0 Å². The van der Waals surface area contributed by atoms with Crippen LogP contribution in [0.2, 0.25) is 0 Å². The largest absolute Gasteiger partial charge is 0.356 e. The number of carbonyl (C=O) groups is 1. The van der Waals surface area contributed by atoms with Crippen molar-refractivity contribution in [3.8, 4) is 11.3 Å². The molecule has 0 radical (unpaired) electrons. The van der Waals surface area contributed by atoms with E-state index in [1.807, 2.05) is 0 Å². The molecule has 4 rings (SSSR count). The Bertz CT molecular complexity index is 1000. The van der Waals surface area contributed by atoms with Crippen molar-refractivity contribution in [2.75, 3.05) is 6.54 Å². The lowest BCUT2D eigenvalue weighted by molar-refractivity contribution is -0.119. The molecular weight excluding hydrogens is 353 g/mol. The molecule has 0 bridgehead atoms. The number of amides is 1. The first-order valence-corrected chi connectivity index (χ1v) is 8.93. The molecule has 0 unspecified atom stereocenters. The van der Waals surface area contributed by atoms with Crippen LogP contribution in [0.15, 0.2) is 36.4 Å². The number of rotatable bonds is 4. The van der Waals surface area contributed by atoms with Gasteiger partial charge in [-0.05, 0) is 66.1 Å². The molecule has 27 heavy (non-hydrogen) atoms. The van der Waals surface area contributed by atoms with E-state index in [1.165, 1.54) is 25.1 Å². The molecule has 0 spiro atoms. The van der Waals surface area contributed by atoms with Gasteiger partial charge in [0, 0.05) is 24.9 Å². The molecule has 0 saturated heterocycles. The van der Waals surface area contributed by atoms with Gasteiger partial charge in [0.1, 0.15) is 17.5 Å².